The van der Waals surface area contributed by atoms with Crippen LogP contribution in [0.15, 0.2) is 12.1 Å². The number of fused-ring (bicyclic) bond motifs is 1. The topological polar surface area (TPSA) is 83.0 Å². The summed E-state index contributed by atoms with van der Waals surface area (Å²) in [7, 11) is 0. The van der Waals surface area contributed by atoms with Gasteiger partial charge in [0, 0.05) is 5.39 Å². The Balaban J connectivity index is 2.80. The molecule has 0 aliphatic heterocycles. The number of halogens is 1. The number of nitrogens with one attached hydrogen (secondary N) is 1. The molecule has 0 unspecified atom stereocenters. The maximum Gasteiger partial charge on any atom is 0.335 e. The van der Waals surface area contributed by atoms with E-state index in [1.807, 2.05) is 0 Å². The van der Waals surface area contributed by atoms with Crippen molar-refractivity contribution in [1.29, 1.82) is 0 Å². The number of hydrogen-bond donors (Lipinski definition) is 2. The molecule has 0 aliphatic carbocycles. The van der Waals surface area contributed by atoms with Crippen molar-refractivity contribution in [2.24, 2.45) is 0 Å². The number of rotatable bonds is 2. The van der Waals surface area contributed by atoms with Gasteiger partial charge < -0.3 is 5.11 Å². The van der Waals surface area contributed by atoms with E-state index >= 15 is 0 Å². The summed E-state index contributed by atoms with van der Waals surface area (Å²) < 4.78 is 0. The zero-order chi connectivity index (χ0) is 11.0. The molecule has 0 radical (unpaired) electrons. The molecule has 0 amide bonds. The number of H-pyrrole nitrogens is 1. The lowest BCUT2D eigenvalue weighted by atomic mass is 10.1. The third-order valence-corrected chi connectivity index (χ3v) is 2.30. The van der Waals surface area contributed by atoms with Gasteiger partial charge in [-0.05, 0) is 12.1 Å². The van der Waals surface area contributed by atoms with Crippen molar-refractivity contribution in [2.75, 3.05) is 0 Å². The molecule has 1 aromatic carbocycles. The minimum Gasteiger partial charge on any atom is -0.478 e. The number of hydrogen-bond acceptors (Lipinski definition) is 3. The molecule has 1 heterocycles. The Morgan fingerprint density at radius 3 is 2.87 bits per heavy atom. The van der Waals surface area contributed by atoms with Gasteiger partial charge in [-0.2, -0.15) is 5.10 Å². The first-order valence-electron chi connectivity index (χ1n) is 3.99. The van der Waals surface area contributed by atoms with Crippen LogP contribution in [0.5, 0.6) is 0 Å². The van der Waals surface area contributed by atoms with Gasteiger partial charge in [-0.1, -0.05) is 11.6 Å². The zero-order valence-electron chi connectivity index (χ0n) is 7.32. The van der Waals surface area contributed by atoms with Gasteiger partial charge in [0.25, 0.3) is 0 Å². The maximum absolute atomic E-state index is 10.7. The molecule has 0 spiro atoms. The molecule has 0 saturated heterocycles. The molecule has 2 aromatic rings. The van der Waals surface area contributed by atoms with Gasteiger partial charge in [0.15, 0.2) is 6.29 Å². The van der Waals surface area contributed by atoms with E-state index in [0.717, 1.165) is 0 Å². The maximum atomic E-state index is 10.7. The first-order valence-corrected chi connectivity index (χ1v) is 4.37. The van der Waals surface area contributed by atoms with Crippen LogP contribution >= 0.6 is 11.6 Å². The van der Waals surface area contributed by atoms with E-state index in [-0.39, 0.29) is 16.3 Å². The van der Waals surface area contributed by atoms with Crippen molar-refractivity contribution in [2.45, 2.75) is 0 Å². The van der Waals surface area contributed by atoms with E-state index in [9.17, 15) is 9.59 Å². The SMILES string of the molecule is O=Cc1[nH]nc2cc(C(=O)O)cc(Cl)c12. The highest BCUT2D eigenvalue weighted by Crippen LogP contribution is 2.26. The largest absolute Gasteiger partial charge is 0.478 e. The predicted molar refractivity (Wildman–Crippen MR) is 53.5 cm³/mol. The first kappa shape index (κ1) is 9.67. The summed E-state index contributed by atoms with van der Waals surface area (Å²) in [6.07, 6.45) is 0.585. The van der Waals surface area contributed by atoms with Gasteiger partial charge in [0.05, 0.1) is 16.1 Å². The molecule has 76 valence electrons. The molecule has 0 fully saturated rings. The highest BCUT2D eigenvalue weighted by molar-refractivity contribution is 6.36. The Kier molecular flexibility index (Phi) is 2.17. The number of nitrogens with zero attached hydrogens (tertiary/aromatic N) is 1. The second-order valence-corrected chi connectivity index (χ2v) is 3.32. The van der Waals surface area contributed by atoms with Crippen molar-refractivity contribution in [3.63, 3.8) is 0 Å². The smallest absolute Gasteiger partial charge is 0.335 e. The van der Waals surface area contributed by atoms with Gasteiger partial charge in [-0.3, -0.25) is 9.89 Å². The summed E-state index contributed by atoms with van der Waals surface area (Å²) in [6, 6.07) is 2.64. The van der Waals surface area contributed by atoms with Crippen LogP contribution in [0.3, 0.4) is 0 Å². The second kappa shape index (κ2) is 3.36. The fraction of sp³-hybridized carbons (Fsp3) is 0. The fourth-order valence-electron chi connectivity index (χ4n) is 1.33. The van der Waals surface area contributed by atoms with E-state index in [1.165, 1.54) is 12.1 Å². The molecule has 0 atom stereocenters. The standard InChI is InChI=1S/C9H5ClN2O3/c10-5-1-4(9(14)15)2-6-8(5)7(3-13)12-11-6/h1-3H,(H,11,12)(H,14,15). The van der Waals surface area contributed by atoms with Crippen LogP contribution in [0.1, 0.15) is 20.8 Å². The highest BCUT2D eigenvalue weighted by Gasteiger charge is 2.13. The number of aromatic amines is 1. The van der Waals surface area contributed by atoms with Crippen molar-refractivity contribution >= 4 is 34.8 Å². The lowest BCUT2D eigenvalue weighted by Crippen LogP contribution is -1.95. The van der Waals surface area contributed by atoms with E-state index in [0.29, 0.717) is 17.2 Å². The van der Waals surface area contributed by atoms with Crippen LogP contribution in [-0.4, -0.2) is 27.6 Å². The molecule has 2 N–H and O–H groups in total. The summed E-state index contributed by atoms with van der Waals surface area (Å²) in [5, 5.41) is 15.7. The molecular weight excluding hydrogens is 220 g/mol. The molecule has 2 rings (SSSR count). The molecule has 15 heavy (non-hydrogen) atoms. The predicted octanol–water partition coefficient (Wildman–Crippen LogP) is 1.73. The third-order valence-electron chi connectivity index (χ3n) is 2.00. The number of carbonyl (C=O) groups excluding carboxylic acids is 1. The molecule has 6 heteroatoms. The Morgan fingerprint density at radius 1 is 1.53 bits per heavy atom. The lowest BCUT2D eigenvalue weighted by Gasteiger charge is -1.97. The van der Waals surface area contributed by atoms with Crippen molar-refractivity contribution in [3.8, 4) is 0 Å². The average Bonchev–Trinajstić information content (AvgIpc) is 2.60. The van der Waals surface area contributed by atoms with Gasteiger partial charge >= 0.3 is 5.97 Å². The van der Waals surface area contributed by atoms with Crippen LogP contribution in [0.4, 0.5) is 0 Å². The zero-order valence-corrected chi connectivity index (χ0v) is 8.08. The summed E-state index contributed by atoms with van der Waals surface area (Å²) in [6.45, 7) is 0. The lowest BCUT2D eigenvalue weighted by molar-refractivity contribution is 0.0697. The molecule has 0 bridgehead atoms. The van der Waals surface area contributed by atoms with E-state index in [1.54, 1.807) is 0 Å². The summed E-state index contributed by atoms with van der Waals surface area (Å²) in [5.41, 5.74) is 0.644. The van der Waals surface area contributed by atoms with Gasteiger partial charge in [-0.25, -0.2) is 4.79 Å². The van der Waals surface area contributed by atoms with Gasteiger partial charge in [0.1, 0.15) is 5.69 Å². The van der Waals surface area contributed by atoms with Crippen molar-refractivity contribution in [3.05, 3.63) is 28.4 Å². The second-order valence-electron chi connectivity index (χ2n) is 2.91. The van der Waals surface area contributed by atoms with Crippen LogP contribution < -0.4 is 0 Å². The summed E-state index contributed by atoms with van der Waals surface area (Å²) in [5.74, 6) is -1.09. The Morgan fingerprint density at radius 2 is 2.27 bits per heavy atom. The number of carboxylic acid groups (broad SMARTS) is 1. The molecule has 0 aliphatic rings. The fourth-order valence-corrected chi connectivity index (χ4v) is 1.65. The van der Waals surface area contributed by atoms with Crippen molar-refractivity contribution in [1.82, 2.24) is 10.2 Å². The Labute approximate surface area is 88.7 Å². The minimum absolute atomic E-state index is 0.0384. The Hall–Kier alpha value is -1.88. The van der Waals surface area contributed by atoms with E-state index in [2.05, 4.69) is 10.2 Å². The number of carbonyl (C=O) groups is 2. The molecule has 0 saturated carbocycles. The number of aldehydes is 1. The molecule has 5 nitrogen and oxygen atoms in total. The normalized spacial score (nSPS) is 10.5. The first-order chi connectivity index (χ1) is 7.13. The van der Waals surface area contributed by atoms with Crippen molar-refractivity contribution < 1.29 is 14.7 Å². The number of benzene rings is 1. The number of aromatic carboxylic acids is 1. The third kappa shape index (κ3) is 1.46. The van der Waals surface area contributed by atoms with Crippen LogP contribution in [0, 0.1) is 0 Å². The monoisotopic (exact) mass is 224 g/mol. The van der Waals surface area contributed by atoms with Gasteiger partial charge in [-0.15, -0.1) is 0 Å². The van der Waals surface area contributed by atoms with E-state index < -0.39 is 5.97 Å². The van der Waals surface area contributed by atoms with Crippen LogP contribution in [0.2, 0.25) is 5.02 Å². The molecular formula is C9H5ClN2O3. The average molecular weight is 225 g/mol. The quantitative estimate of drug-likeness (QED) is 0.761. The minimum atomic E-state index is -1.09. The number of aromatic nitrogens is 2. The van der Waals surface area contributed by atoms with E-state index in [4.69, 9.17) is 16.7 Å². The molecule has 1 aromatic heterocycles. The number of carboxylic acids is 1. The summed E-state index contributed by atoms with van der Waals surface area (Å²) >= 11 is 5.85. The summed E-state index contributed by atoms with van der Waals surface area (Å²) in [4.78, 5) is 21.3. The van der Waals surface area contributed by atoms with Crippen LogP contribution in [-0.2, 0) is 0 Å². The van der Waals surface area contributed by atoms with Crippen LogP contribution in [0.25, 0.3) is 10.9 Å². The van der Waals surface area contributed by atoms with Gasteiger partial charge in [0.2, 0.25) is 0 Å². The highest BCUT2D eigenvalue weighted by atomic mass is 35.5. The Bertz CT molecular complexity index is 562.